The van der Waals surface area contributed by atoms with Gasteiger partial charge >= 0.3 is 0 Å². The molecule has 0 spiro atoms. The highest BCUT2D eigenvalue weighted by molar-refractivity contribution is 5.59. The van der Waals surface area contributed by atoms with E-state index >= 15 is 0 Å². The zero-order chi connectivity index (χ0) is 14.2. The van der Waals surface area contributed by atoms with Gasteiger partial charge in [0.1, 0.15) is 0 Å². The van der Waals surface area contributed by atoms with Gasteiger partial charge in [-0.2, -0.15) is 5.26 Å². The van der Waals surface area contributed by atoms with Crippen molar-refractivity contribution in [1.29, 1.82) is 5.26 Å². The van der Waals surface area contributed by atoms with Crippen molar-refractivity contribution in [2.75, 3.05) is 19.0 Å². The van der Waals surface area contributed by atoms with Crippen LogP contribution in [0.2, 0.25) is 0 Å². The van der Waals surface area contributed by atoms with Gasteiger partial charge in [-0.3, -0.25) is 0 Å². The van der Waals surface area contributed by atoms with Gasteiger partial charge in [-0.1, -0.05) is 28.9 Å². The number of allylic oxidation sites excluding steroid dienone is 4. The molecule has 1 aromatic rings. The number of benzene rings is 1. The second-order valence-electron chi connectivity index (χ2n) is 5.47. The van der Waals surface area contributed by atoms with Gasteiger partial charge in [0.15, 0.2) is 0 Å². The number of rotatable bonds is 2. The van der Waals surface area contributed by atoms with Gasteiger partial charge in [0, 0.05) is 25.7 Å². The molecule has 0 saturated heterocycles. The molecule has 2 rings (SSSR count). The van der Waals surface area contributed by atoms with E-state index in [1.54, 1.807) is 0 Å². The Kier molecular flexibility index (Phi) is 3.48. The molecule has 1 aliphatic carbocycles. The molecule has 0 fully saturated rings. The minimum Gasteiger partial charge on any atom is -0.378 e. The van der Waals surface area contributed by atoms with E-state index < -0.39 is 0 Å². The normalized spacial score (nSPS) is 18.3. The van der Waals surface area contributed by atoms with Crippen molar-refractivity contribution in [3.8, 4) is 6.07 Å². The average molecular weight is 252 g/mol. The van der Waals surface area contributed by atoms with E-state index in [1.165, 1.54) is 16.7 Å². The molecule has 0 bridgehead atoms. The molecule has 0 aliphatic heterocycles. The quantitative estimate of drug-likeness (QED) is 0.795. The highest BCUT2D eigenvalue weighted by Gasteiger charge is 2.24. The summed E-state index contributed by atoms with van der Waals surface area (Å²) in [4.78, 5) is 2.02. The van der Waals surface area contributed by atoms with Gasteiger partial charge in [0.05, 0.1) is 11.6 Å². The van der Waals surface area contributed by atoms with Crippen LogP contribution < -0.4 is 4.90 Å². The summed E-state index contributed by atoms with van der Waals surface area (Å²) in [7, 11) is 3.98. The smallest absolute Gasteiger partial charge is 0.0995 e. The van der Waals surface area contributed by atoms with Gasteiger partial charge in [-0.25, -0.2) is 0 Å². The van der Waals surface area contributed by atoms with Crippen LogP contribution in [0.5, 0.6) is 0 Å². The third kappa shape index (κ3) is 2.29. The number of hydrogen-bond acceptors (Lipinski definition) is 2. The Balaban J connectivity index is 2.53. The second-order valence-corrected chi connectivity index (χ2v) is 5.47. The molecule has 1 unspecified atom stereocenters. The molecular weight excluding hydrogens is 232 g/mol. The Morgan fingerprint density at radius 3 is 2.32 bits per heavy atom. The Bertz CT molecular complexity index is 613. The zero-order valence-corrected chi connectivity index (χ0v) is 12.3. The largest absolute Gasteiger partial charge is 0.378 e. The average Bonchev–Trinajstić information content (AvgIpc) is 2.62. The van der Waals surface area contributed by atoms with Crippen LogP contribution in [0, 0.1) is 11.3 Å². The Morgan fingerprint density at radius 1 is 1.16 bits per heavy atom. The number of nitriles is 1. The Hall–Kier alpha value is -2.01. The van der Waals surface area contributed by atoms with Crippen molar-refractivity contribution < 1.29 is 0 Å². The molecule has 19 heavy (non-hydrogen) atoms. The van der Waals surface area contributed by atoms with Crippen LogP contribution >= 0.6 is 0 Å². The van der Waals surface area contributed by atoms with Gasteiger partial charge in [0.25, 0.3) is 0 Å². The lowest BCUT2D eigenvalue weighted by Crippen LogP contribution is -2.10. The summed E-state index contributed by atoms with van der Waals surface area (Å²) in [5.74, 6) is 0.269. The molecule has 1 atom stereocenters. The van der Waals surface area contributed by atoms with Gasteiger partial charge in [0.2, 0.25) is 0 Å². The SMILES string of the molecule is CC1=CC(C)=C(C)C1c1ccc(N(C)C)cc1C#N. The topological polar surface area (TPSA) is 27.0 Å². The van der Waals surface area contributed by atoms with E-state index in [0.717, 1.165) is 16.8 Å². The number of nitrogens with zero attached hydrogens (tertiary/aromatic N) is 2. The molecule has 98 valence electrons. The first-order valence-corrected chi connectivity index (χ1v) is 6.52. The van der Waals surface area contributed by atoms with Crippen LogP contribution in [0.4, 0.5) is 5.69 Å². The molecule has 1 aliphatic rings. The standard InChI is InChI=1S/C17H20N2/c1-11-8-12(2)17(13(11)3)16-7-6-15(19(4)5)9-14(16)10-18/h6-9,17H,1-5H3. The maximum absolute atomic E-state index is 9.42. The van der Waals surface area contributed by atoms with Gasteiger partial charge in [-0.15, -0.1) is 0 Å². The summed E-state index contributed by atoms with van der Waals surface area (Å²) >= 11 is 0. The van der Waals surface area contributed by atoms with Crippen molar-refractivity contribution in [2.24, 2.45) is 0 Å². The molecule has 0 saturated carbocycles. The van der Waals surface area contributed by atoms with Crippen LogP contribution in [-0.4, -0.2) is 14.1 Å². The lowest BCUT2D eigenvalue weighted by molar-refractivity contribution is 0.932. The number of anilines is 1. The van der Waals surface area contributed by atoms with E-state index in [2.05, 4.69) is 45.0 Å². The fourth-order valence-electron chi connectivity index (χ4n) is 2.76. The van der Waals surface area contributed by atoms with Crippen molar-refractivity contribution in [3.63, 3.8) is 0 Å². The summed E-state index contributed by atoms with van der Waals surface area (Å²) in [6.45, 7) is 6.44. The lowest BCUT2D eigenvalue weighted by Gasteiger charge is -2.19. The van der Waals surface area contributed by atoms with Crippen LogP contribution in [0.3, 0.4) is 0 Å². The van der Waals surface area contributed by atoms with Crippen LogP contribution in [0.15, 0.2) is 41.0 Å². The summed E-state index contributed by atoms with van der Waals surface area (Å²) in [5, 5.41) is 9.42. The second kappa shape index (κ2) is 4.93. The molecule has 2 nitrogen and oxygen atoms in total. The highest BCUT2D eigenvalue weighted by Crippen LogP contribution is 2.40. The highest BCUT2D eigenvalue weighted by atomic mass is 15.1. The minimum atomic E-state index is 0.269. The summed E-state index contributed by atoms with van der Waals surface area (Å²) < 4.78 is 0. The first-order chi connectivity index (χ1) is 8.95. The lowest BCUT2D eigenvalue weighted by atomic mass is 9.86. The predicted molar refractivity (Wildman–Crippen MR) is 80.4 cm³/mol. The van der Waals surface area contributed by atoms with Gasteiger partial charge in [-0.05, 0) is 38.5 Å². The third-order valence-electron chi connectivity index (χ3n) is 3.94. The van der Waals surface area contributed by atoms with E-state index in [4.69, 9.17) is 0 Å². The first kappa shape index (κ1) is 13.4. The molecule has 0 amide bonds. The molecular formula is C17H20N2. The molecule has 2 heteroatoms. The molecule has 0 heterocycles. The summed E-state index contributed by atoms with van der Waals surface area (Å²) in [5.41, 5.74) is 6.96. The fraction of sp³-hybridized carbons (Fsp3) is 0.353. The molecule has 0 aromatic heterocycles. The van der Waals surface area contributed by atoms with Crippen molar-refractivity contribution in [2.45, 2.75) is 26.7 Å². The molecule has 0 radical (unpaired) electrons. The van der Waals surface area contributed by atoms with Crippen LogP contribution in [-0.2, 0) is 0 Å². The maximum Gasteiger partial charge on any atom is 0.0995 e. The maximum atomic E-state index is 9.42. The van der Waals surface area contributed by atoms with E-state index in [9.17, 15) is 5.26 Å². The van der Waals surface area contributed by atoms with Crippen LogP contribution in [0.25, 0.3) is 0 Å². The van der Waals surface area contributed by atoms with Crippen molar-refractivity contribution >= 4 is 5.69 Å². The van der Waals surface area contributed by atoms with Gasteiger partial charge < -0.3 is 4.90 Å². The van der Waals surface area contributed by atoms with E-state index in [1.807, 2.05) is 25.1 Å². The van der Waals surface area contributed by atoms with E-state index in [0.29, 0.717) is 0 Å². The first-order valence-electron chi connectivity index (χ1n) is 6.52. The monoisotopic (exact) mass is 252 g/mol. The van der Waals surface area contributed by atoms with E-state index in [-0.39, 0.29) is 5.92 Å². The van der Waals surface area contributed by atoms with Crippen molar-refractivity contribution in [3.05, 3.63) is 52.1 Å². The predicted octanol–water partition coefficient (Wildman–Crippen LogP) is 4.00. The zero-order valence-electron chi connectivity index (χ0n) is 12.3. The Labute approximate surface area is 115 Å². The third-order valence-corrected chi connectivity index (χ3v) is 3.94. The number of hydrogen-bond donors (Lipinski definition) is 0. The summed E-state index contributed by atoms with van der Waals surface area (Å²) in [6.07, 6.45) is 2.22. The van der Waals surface area contributed by atoms with Crippen molar-refractivity contribution in [1.82, 2.24) is 0 Å². The minimum absolute atomic E-state index is 0.269. The Morgan fingerprint density at radius 2 is 1.84 bits per heavy atom. The molecule has 0 N–H and O–H groups in total. The van der Waals surface area contributed by atoms with Crippen LogP contribution in [0.1, 0.15) is 37.8 Å². The summed E-state index contributed by atoms with van der Waals surface area (Å²) in [6, 6.07) is 8.51. The molecule has 1 aromatic carbocycles. The fourth-order valence-corrected chi connectivity index (χ4v) is 2.76.